The lowest BCUT2D eigenvalue weighted by Gasteiger charge is -2.29. The van der Waals surface area contributed by atoms with Crippen LogP contribution in [0.3, 0.4) is 0 Å². The van der Waals surface area contributed by atoms with E-state index in [1.807, 2.05) is 0 Å². The van der Waals surface area contributed by atoms with Gasteiger partial charge in [-0.1, -0.05) is 11.6 Å². The average molecular weight is 228 g/mol. The van der Waals surface area contributed by atoms with Gasteiger partial charge in [-0.15, -0.1) is 0 Å². The Morgan fingerprint density at radius 3 is 3.20 bits per heavy atom. The fourth-order valence-corrected chi connectivity index (χ4v) is 1.87. The predicted octanol–water partition coefficient (Wildman–Crippen LogP) is 1.60. The van der Waals surface area contributed by atoms with Gasteiger partial charge in [-0.3, -0.25) is 0 Å². The molecule has 82 valence electrons. The lowest BCUT2D eigenvalue weighted by molar-refractivity contribution is 0.0955. The Kier molecular flexibility index (Phi) is 3.38. The van der Waals surface area contributed by atoms with Gasteiger partial charge in [0.15, 0.2) is 0 Å². The molecule has 0 amide bonds. The summed E-state index contributed by atoms with van der Waals surface area (Å²) in [5.41, 5.74) is 0. The van der Waals surface area contributed by atoms with Crippen molar-refractivity contribution >= 4 is 11.6 Å². The third-order valence-electron chi connectivity index (χ3n) is 2.45. The van der Waals surface area contributed by atoms with Gasteiger partial charge in [0.25, 0.3) is 0 Å². The topological polar surface area (TPSA) is 38.2 Å². The molecule has 4 nitrogen and oxygen atoms in total. The van der Waals surface area contributed by atoms with Crippen LogP contribution in [0, 0.1) is 0 Å². The first-order valence-corrected chi connectivity index (χ1v) is 5.45. The van der Waals surface area contributed by atoms with Gasteiger partial charge >= 0.3 is 6.01 Å². The Morgan fingerprint density at radius 2 is 2.47 bits per heavy atom. The molecule has 5 heteroatoms. The van der Waals surface area contributed by atoms with E-state index < -0.39 is 0 Å². The highest BCUT2D eigenvalue weighted by Gasteiger charge is 2.19. The third-order valence-corrected chi connectivity index (χ3v) is 2.66. The number of likely N-dealkylation sites (N-methyl/N-ethyl adjacent to an activating group) is 1. The molecule has 1 aromatic heterocycles. The Bertz CT molecular complexity index is 334. The molecule has 2 rings (SSSR count). The van der Waals surface area contributed by atoms with Gasteiger partial charge in [0.05, 0.1) is 0 Å². The zero-order chi connectivity index (χ0) is 10.7. The second kappa shape index (κ2) is 4.77. The van der Waals surface area contributed by atoms with Crippen molar-refractivity contribution in [3.05, 3.63) is 17.4 Å². The van der Waals surface area contributed by atoms with Crippen molar-refractivity contribution in [1.29, 1.82) is 0 Å². The lowest BCUT2D eigenvalue weighted by atomic mass is 10.1. The molecule has 0 aromatic carbocycles. The maximum atomic E-state index is 5.75. The summed E-state index contributed by atoms with van der Waals surface area (Å²) in [6.07, 6.45) is 4.00. The first kappa shape index (κ1) is 10.6. The number of halogens is 1. The third kappa shape index (κ3) is 3.04. The molecule has 1 aliphatic rings. The van der Waals surface area contributed by atoms with Gasteiger partial charge in [-0.05, 0) is 32.5 Å². The standard InChI is InChI=1S/C10H14ClN3O/c1-14-6-2-3-8(7-14)15-10-12-5-4-9(11)13-10/h4-5,8H,2-3,6-7H2,1H3. The van der Waals surface area contributed by atoms with E-state index in [1.54, 1.807) is 12.3 Å². The van der Waals surface area contributed by atoms with Crippen LogP contribution in [0.15, 0.2) is 12.3 Å². The largest absolute Gasteiger partial charge is 0.459 e. The van der Waals surface area contributed by atoms with E-state index in [0.29, 0.717) is 11.2 Å². The first-order valence-electron chi connectivity index (χ1n) is 5.08. The van der Waals surface area contributed by atoms with Crippen molar-refractivity contribution < 1.29 is 4.74 Å². The summed E-state index contributed by atoms with van der Waals surface area (Å²) >= 11 is 5.75. The van der Waals surface area contributed by atoms with Crippen LogP contribution in [0.2, 0.25) is 5.15 Å². The predicted molar refractivity (Wildman–Crippen MR) is 58.2 cm³/mol. The van der Waals surface area contributed by atoms with Crippen LogP contribution in [0.1, 0.15) is 12.8 Å². The number of ether oxygens (including phenoxy) is 1. The molecule has 1 aromatic rings. The monoisotopic (exact) mass is 227 g/mol. The molecule has 2 heterocycles. The molecule has 0 saturated carbocycles. The van der Waals surface area contributed by atoms with Crippen molar-refractivity contribution in [2.45, 2.75) is 18.9 Å². The Hall–Kier alpha value is -0.870. The number of piperidine rings is 1. The second-order valence-corrected chi connectivity index (χ2v) is 4.19. The summed E-state index contributed by atoms with van der Waals surface area (Å²) in [5.74, 6) is 0. The highest BCUT2D eigenvalue weighted by atomic mass is 35.5. The fraction of sp³-hybridized carbons (Fsp3) is 0.600. The van der Waals surface area contributed by atoms with E-state index in [-0.39, 0.29) is 6.10 Å². The van der Waals surface area contributed by atoms with Crippen LogP contribution >= 0.6 is 11.6 Å². The van der Waals surface area contributed by atoms with Crippen LogP contribution in [0.4, 0.5) is 0 Å². The molecule has 1 fully saturated rings. The first-order chi connectivity index (χ1) is 7.24. The number of likely N-dealkylation sites (tertiary alicyclic amines) is 1. The molecule has 1 atom stereocenters. The van der Waals surface area contributed by atoms with Crippen molar-refractivity contribution in [3.63, 3.8) is 0 Å². The van der Waals surface area contributed by atoms with Gasteiger partial charge in [0, 0.05) is 12.7 Å². The van der Waals surface area contributed by atoms with Crippen molar-refractivity contribution in [2.75, 3.05) is 20.1 Å². The summed E-state index contributed by atoms with van der Waals surface area (Å²) in [6.45, 7) is 2.06. The van der Waals surface area contributed by atoms with Crippen LogP contribution in [0.5, 0.6) is 6.01 Å². The van der Waals surface area contributed by atoms with Gasteiger partial charge in [-0.2, -0.15) is 4.98 Å². The Balaban J connectivity index is 1.96. The number of rotatable bonds is 2. The number of aromatic nitrogens is 2. The van der Waals surface area contributed by atoms with Crippen molar-refractivity contribution in [2.24, 2.45) is 0 Å². The summed E-state index contributed by atoms with van der Waals surface area (Å²) in [6, 6.07) is 2.02. The minimum atomic E-state index is 0.183. The molecule has 1 saturated heterocycles. The van der Waals surface area contributed by atoms with Gasteiger partial charge in [0.1, 0.15) is 11.3 Å². The molecular weight excluding hydrogens is 214 g/mol. The van der Waals surface area contributed by atoms with E-state index >= 15 is 0 Å². The summed E-state index contributed by atoms with van der Waals surface area (Å²) < 4.78 is 5.66. The number of nitrogens with zero attached hydrogens (tertiary/aromatic N) is 3. The molecule has 0 radical (unpaired) electrons. The fourth-order valence-electron chi connectivity index (χ4n) is 1.74. The van der Waals surface area contributed by atoms with Gasteiger partial charge in [0.2, 0.25) is 0 Å². The molecule has 15 heavy (non-hydrogen) atoms. The number of hydrogen-bond donors (Lipinski definition) is 0. The van der Waals surface area contributed by atoms with Gasteiger partial charge in [-0.25, -0.2) is 4.98 Å². The SMILES string of the molecule is CN1CCCC(Oc2nccc(Cl)n2)C1. The maximum absolute atomic E-state index is 5.75. The quantitative estimate of drug-likeness (QED) is 0.720. The molecule has 0 aliphatic carbocycles. The molecule has 1 unspecified atom stereocenters. The highest BCUT2D eigenvalue weighted by molar-refractivity contribution is 6.29. The minimum Gasteiger partial charge on any atom is -0.459 e. The molecule has 0 spiro atoms. The summed E-state index contributed by atoms with van der Waals surface area (Å²) in [5, 5.41) is 0.421. The van der Waals surface area contributed by atoms with Crippen LogP contribution < -0.4 is 4.74 Å². The zero-order valence-electron chi connectivity index (χ0n) is 8.69. The van der Waals surface area contributed by atoms with Gasteiger partial charge < -0.3 is 9.64 Å². The second-order valence-electron chi connectivity index (χ2n) is 3.81. The zero-order valence-corrected chi connectivity index (χ0v) is 9.44. The van der Waals surface area contributed by atoms with E-state index in [2.05, 4.69) is 21.9 Å². The highest BCUT2D eigenvalue weighted by Crippen LogP contribution is 2.15. The molecular formula is C10H14ClN3O. The smallest absolute Gasteiger partial charge is 0.318 e. The summed E-state index contributed by atoms with van der Waals surface area (Å²) in [4.78, 5) is 10.3. The van der Waals surface area contributed by atoms with E-state index in [9.17, 15) is 0 Å². The van der Waals surface area contributed by atoms with E-state index in [1.165, 1.54) is 0 Å². The van der Waals surface area contributed by atoms with E-state index in [0.717, 1.165) is 25.9 Å². The molecule has 1 aliphatic heterocycles. The average Bonchev–Trinajstić information content (AvgIpc) is 2.17. The van der Waals surface area contributed by atoms with Crippen LogP contribution in [0.25, 0.3) is 0 Å². The van der Waals surface area contributed by atoms with E-state index in [4.69, 9.17) is 16.3 Å². The number of hydrogen-bond acceptors (Lipinski definition) is 4. The Labute approximate surface area is 94.2 Å². The van der Waals surface area contributed by atoms with Crippen LogP contribution in [-0.4, -0.2) is 41.1 Å². The summed E-state index contributed by atoms with van der Waals surface area (Å²) in [7, 11) is 2.09. The molecule has 0 N–H and O–H groups in total. The van der Waals surface area contributed by atoms with Crippen LogP contribution in [-0.2, 0) is 0 Å². The minimum absolute atomic E-state index is 0.183. The molecule has 0 bridgehead atoms. The normalized spacial score (nSPS) is 22.7. The Morgan fingerprint density at radius 1 is 1.60 bits per heavy atom. The van der Waals surface area contributed by atoms with Crippen molar-refractivity contribution in [3.8, 4) is 6.01 Å². The lowest BCUT2D eigenvalue weighted by Crippen LogP contribution is -2.38. The van der Waals surface area contributed by atoms with Crippen molar-refractivity contribution in [1.82, 2.24) is 14.9 Å². The maximum Gasteiger partial charge on any atom is 0.318 e.